The Morgan fingerprint density at radius 2 is 2.00 bits per heavy atom. The lowest BCUT2D eigenvalue weighted by atomic mass is 10.1. The minimum atomic E-state index is -0.537. The fourth-order valence-corrected chi connectivity index (χ4v) is 1.15. The number of nitrogens with zero attached hydrogens (tertiary/aromatic N) is 1. The molecule has 1 aromatic rings. The van der Waals surface area contributed by atoms with Gasteiger partial charge in [0.2, 0.25) is 0 Å². The first-order valence-electron chi connectivity index (χ1n) is 5.12. The van der Waals surface area contributed by atoms with Gasteiger partial charge in [-0.25, -0.2) is 4.39 Å². The van der Waals surface area contributed by atoms with Crippen LogP contribution in [-0.4, -0.2) is 11.0 Å². The van der Waals surface area contributed by atoms with Crippen molar-refractivity contribution >= 4 is 11.4 Å². The Morgan fingerprint density at radius 3 is 2.50 bits per heavy atom. The predicted octanol–water partition coefficient (Wildman–Crippen LogP) is 3.19. The molecule has 1 unspecified atom stereocenters. The van der Waals surface area contributed by atoms with Crippen molar-refractivity contribution in [2.75, 3.05) is 5.32 Å². The smallest absolute Gasteiger partial charge is 0.271 e. The summed E-state index contributed by atoms with van der Waals surface area (Å²) in [5, 5.41) is 13.5. The van der Waals surface area contributed by atoms with Crippen LogP contribution in [0.15, 0.2) is 18.2 Å². The maximum Gasteiger partial charge on any atom is 0.271 e. The Kier molecular flexibility index (Phi) is 3.82. The molecule has 1 aromatic carbocycles. The number of nitro groups is 1. The molecular weight excluding hydrogens is 211 g/mol. The highest BCUT2D eigenvalue weighted by Crippen LogP contribution is 2.22. The summed E-state index contributed by atoms with van der Waals surface area (Å²) in [5.41, 5.74) is 0.0651. The Hall–Kier alpha value is -1.65. The molecule has 0 aliphatic carbocycles. The van der Waals surface area contributed by atoms with Gasteiger partial charge in [-0.05, 0) is 18.9 Å². The normalized spacial score (nSPS) is 12.6. The van der Waals surface area contributed by atoms with Crippen molar-refractivity contribution in [3.8, 4) is 0 Å². The zero-order valence-electron chi connectivity index (χ0n) is 9.53. The molecule has 16 heavy (non-hydrogen) atoms. The van der Waals surface area contributed by atoms with Gasteiger partial charge in [0.1, 0.15) is 5.82 Å². The maximum absolute atomic E-state index is 13.4. The average Bonchev–Trinajstić information content (AvgIpc) is 2.20. The molecule has 1 atom stereocenters. The molecule has 1 N–H and O–H groups in total. The molecule has 0 fully saturated rings. The summed E-state index contributed by atoms with van der Waals surface area (Å²) in [6.45, 7) is 5.89. The fraction of sp³-hybridized carbons (Fsp3) is 0.455. The van der Waals surface area contributed by atoms with E-state index in [1.165, 1.54) is 6.07 Å². The lowest BCUT2D eigenvalue weighted by molar-refractivity contribution is -0.384. The number of benzene rings is 1. The average molecular weight is 226 g/mol. The molecule has 0 aromatic heterocycles. The van der Waals surface area contributed by atoms with Crippen LogP contribution in [0.4, 0.5) is 15.8 Å². The van der Waals surface area contributed by atoms with E-state index in [4.69, 9.17) is 0 Å². The van der Waals surface area contributed by atoms with Crippen LogP contribution in [0.25, 0.3) is 0 Å². The van der Waals surface area contributed by atoms with E-state index in [0.29, 0.717) is 5.92 Å². The van der Waals surface area contributed by atoms with Gasteiger partial charge in [-0.3, -0.25) is 10.1 Å². The number of nitro benzene ring substituents is 1. The number of hydrogen-bond acceptors (Lipinski definition) is 3. The van der Waals surface area contributed by atoms with Crippen LogP contribution >= 0.6 is 0 Å². The van der Waals surface area contributed by atoms with Crippen LogP contribution in [0.3, 0.4) is 0 Å². The second-order valence-corrected chi connectivity index (χ2v) is 4.10. The lowest BCUT2D eigenvalue weighted by Crippen LogP contribution is -2.22. The van der Waals surface area contributed by atoms with E-state index >= 15 is 0 Å². The standard InChI is InChI=1S/C11H15FN2O2/c1-7(2)8(3)13-11-6-9(14(15)16)4-5-10(11)12/h4-8,13H,1-3H3. The van der Waals surface area contributed by atoms with Crippen molar-refractivity contribution < 1.29 is 9.31 Å². The number of anilines is 1. The SMILES string of the molecule is CC(C)C(C)Nc1cc([N+](=O)[O-])ccc1F. The predicted molar refractivity (Wildman–Crippen MR) is 61.0 cm³/mol. The minimum Gasteiger partial charge on any atom is -0.380 e. The summed E-state index contributed by atoms with van der Waals surface area (Å²) in [6.07, 6.45) is 0. The molecule has 0 radical (unpaired) electrons. The van der Waals surface area contributed by atoms with Crippen LogP contribution in [0.1, 0.15) is 20.8 Å². The summed E-state index contributed by atoms with van der Waals surface area (Å²) in [5.74, 6) is -0.156. The van der Waals surface area contributed by atoms with Crippen LogP contribution in [-0.2, 0) is 0 Å². The topological polar surface area (TPSA) is 55.2 Å². The number of non-ortho nitro benzene ring substituents is 1. The van der Waals surface area contributed by atoms with E-state index < -0.39 is 10.7 Å². The molecule has 0 saturated heterocycles. The van der Waals surface area contributed by atoms with E-state index in [2.05, 4.69) is 5.32 Å². The monoisotopic (exact) mass is 226 g/mol. The molecule has 5 heteroatoms. The van der Waals surface area contributed by atoms with Gasteiger partial charge >= 0.3 is 0 Å². The Bertz CT molecular complexity index is 394. The Balaban J connectivity index is 2.94. The van der Waals surface area contributed by atoms with Gasteiger partial charge in [-0.15, -0.1) is 0 Å². The van der Waals surface area contributed by atoms with Crippen LogP contribution < -0.4 is 5.32 Å². The van der Waals surface area contributed by atoms with Gasteiger partial charge in [-0.2, -0.15) is 0 Å². The molecule has 0 spiro atoms. The summed E-state index contributed by atoms with van der Waals surface area (Å²) in [6, 6.07) is 3.53. The summed E-state index contributed by atoms with van der Waals surface area (Å²) in [4.78, 5) is 10.0. The highest BCUT2D eigenvalue weighted by Gasteiger charge is 2.13. The second-order valence-electron chi connectivity index (χ2n) is 4.10. The van der Waals surface area contributed by atoms with E-state index in [1.54, 1.807) is 0 Å². The van der Waals surface area contributed by atoms with E-state index in [1.807, 2.05) is 20.8 Å². The Morgan fingerprint density at radius 1 is 1.38 bits per heavy atom. The molecule has 0 aliphatic rings. The Labute approximate surface area is 93.6 Å². The second kappa shape index (κ2) is 4.92. The fourth-order valence-electron chi connectivity index (χ4n) is 1.15. The summed E-state index contributed by atoms with van der Waals surface area (Å²) in [7, 11) is 0. The van der Waals surface area contributed by atoms with Gasteiger partial charge in [0.25, 0.3) is 5.69 Å². The minimum absolute atomic E-state index is 0.0523. The zero-order valence-corrected chi connectivity index (χ0v) is 9.53. The molecule has 1 rings (SSSR count). The van der Waals surface area contributed by atoms with Gasteiger partial charge in [-0.1, -0.05) is 13.8 Å². The third kappa shape index (κ3) is 2.92. The maximum atomic E-state index is 13.4. The van der Waals surface area contributed by atoms with Crippen molar-refractivity contribution in [2.45, 2.75) is 26.8 Å². The van der Waals surface area contributed by atoms with Crippen LogP contribution in [0.2, 0.25) is 0 Å². The highest BCUT2D eigenvalue weighted by molar-refractivity contribution is 5.52. The first-order chi connectivity index (χ1) is 7.41. The molecule has 0 bridgehead atoms. The van der Waals surface area contributed by atoms with E-state index in [0.717, 1.165) is 12.1 Å². The summed E-state index contributed by atoms with van der Waals surface area (Å²) < 4.78 is 13.4. The number of hydrogen-bond donors (Lipinski definition) is 1. The lowest BCUT2D eigenvalue weighted by Gasteiger charge is -2.18. The molecule has 0 amide bonds. The third-order valence-corrected chi connectivity index (χ3v) is 2.54. The van der Waals surface area contributed by atoms with Gasteiger partial charge in [0.05, 0.1) is 10.6 Å². The molecule has 0 aliphatic heterocycles. The number of halogens is 1. The molecular formula is C11H15FN2O2. The third-order valence-electron chi connectivity index (χ3n) is 2.54. The largest absolute Gasteiger partial charge is 0.380 e. The molecule has 0 saturated carbocycles. The van der Waals surface area contributed by atoms with Crippen LogP contribution in [0, 0.1) is 21.8 Å². The summed E-state index contributed by atoms with van der Waals surface area (Å²) >= 11 is 0. The van der Waals surface area contributed by atoms with Crippen molar-refractivity contribution in [2.24, 2.45) is 5.92 Å². The number of nitrogens with one attached hydrogen (secondary N) is 1. The van der Waals surface area contributed by atoms with E-state index in [-0.39, 0.29) is 17.4 Å². The van der Waals surface area contributed by atoms with Crippen molar-refractivity contribution in [1.29, 1.82) is 0 Å². The molecule has 0 heterocycles. The number of rotatable bonds is 4. The zero-order chi connectivity index (χ0) is 12.3. The first kappa shape index (κ1) is 12.4. The van der Waals surface area contributed by atoms with Crippen molar-refractivity contribution in [1.82, 2.24) is 0 Å². The van der Waals surface area contributed by atoms with Crippen molar-refractivity contribution in [3.63, 3.8) is 0 Å². The molecule has 4 nitrogen and oxygen atoms in total. The van der Waals surface area contributed by atoms with E-state index in [9.17, 15) is 14.5 Å². The van der Waals surface area contributed by atoms with Crippen LogP contribution in [0.5, 0.6) is 0 Å². The highest BCUT2D eigenvalue weighted by atomic mass is 19.1. The first-order valence-corrected chi connectivity index (χ1v) is 5.12. The van der Waals surface area contributed by atoms with Gasteiger partial charge in [0, 0.05) is 18.2 Å². The van der Waals surface area contributed by atoms with Gasteiger partial charge in [0.15, 0.2) is 0 Å². The molecule has 88 valence electrons. The van der Waals surface area contributed by atoms with Gasteiger partial charge < -0.3 is 5.32 Å². The quantitative estimate of drug-likeness (QED) is 0.633. The van der Waals surface area contributed by atoms with Crippen molar-refractivity contribution in [3.05, 3.63) is 34.1 Å².